The molecule has 0 spiro atoms. The average Bonchev–Trinajstić information content (AvgIpc) is 2.72. The van der Waals surface area contributed by atoms with E-state index in [2.05, 4.69) is 13.2 Å². The van der Waals surface area contributed by atoms with E-state index in [-0.39, 0.29) is 30.1 Å². The molecule has 0 bridgehead atoms. The second-order valence-corrected chi connectivity index (χ2v) is 6.33. The average molecular weight is 410 g/mol. The summed E-state index contributed by atoms with van der Waals surface area (Å²) in [5.74, 6) is -0.187. The summed E-state index contributed by atoms with van der Waals surface area (Å²) >= 11 is 0. The molecule has 0 atom stereocenters. The van der Waals surface area contributed by atoms with Crippen molar-refractivity contribution in [2.75, 3.05) is 13.2 Å². The monoisotopic (exact) mass is 410 g/mol. The first kappa shape index (κ1) is 22.4. The Bertz CT molecular complexity index is 958. The summed E-state index contributed by atoms with van der Waals surface area (Å²) in [4.78, 5) is 33.8. The first-order valence-corrected chi connectivity index (χ1v) is 8.99. The van der Waals surface area contributed by atoms with Gasteiger partial charge in [-0.3, -0.25) is 4.79 Å². The highest BCUT2D eigenvalue weighted by molar-refractivity contribution is 5.89. The number of carbonyl (C=O) groups is 3. The first-order chi connectivity index (χ1) is 14.3. The number of benzene rings is 2. The molecule has 2 aromatic carbocycles. The molecule has 7 heteroatoms. The van der Waals surface area contributed by atoms with E-state index in [1.807, 2.05) is 0 Å². The van der Waals surface area contributed by atoms with E-state index in [0.29, 0.717) is 18.0 Å². The van der Waals surface area contributed by atoms with Gasteiger partial charge >= 0.3 is 11.9 Å². The van der Waals surface area contributed by atoms with Crippen molar-refractivity contribution >= 4 is 18.4 Å². The first-order valence-electron chi connectivity index (χ1n) is 8.99. The van der Waals surface area contributed by atoms with E-state index >= 15 is 0 Å². The maximum absolute atomic E-state index is 11.9. The predicted molar refractivity (Wildman–Crippen MR) is 110 cm³/mol. The Balaban J connectivity index is 2.22. The number of hydrogen-bond donors (Lipinski definition) is 0. The van der Waals surface area contributed by atoms with Crippen molar-refractivity contribution in [2.24, 2.45) is 0 Å². The number of esters is 2. The summed E-state index contributed by atoms with van der Waals surface area (Å²) in [5.41, 5.74) is 2.13. The van der Waals surface area contributed by atoms with Crippen molar-refractivity contribution in [1.29, 1.82) is 0 Å². The van der Waals surface area contributed by atoms with Crippen LogP contribution in [0.3, 0.4) is 0 Å². The van der Waals surface area contributed by atoms with E-state index < -0.39 is 11.9 Å². The SMILES string of the molecule is C=C(C)C(=O)OCCOc1cc(-c2ccc(OC=O)cc2)ccc1OC(=O)C(=C)C. The molecule has 0 unspecified atom stereocenters. The standard InChI is InChI=1S/C23H22O7/c1-15(2)22(25)28-12-11-27-21-13-18(7-10-20(21)30-23(26)16(3)4)17-5-8-19(9-6-17)29-14-24/h5-10,13-14H,1,3,11-12H2,2,4H3. The zero-order chi connectivity index (χ0) is 22.1. The van der Waals surface area contributed by atoms with E-state index in [9.17, 15) is 14.4 Å². The molecule has 0 N–H and O–H groups in total. The molecular formula is C23H22O7. The van der Waals surface area contributed by atoms with Gasteiger partial charge in [-0.15, -0.1) is 0 Å². The fourth-order valence-corrected chi connectivity index (χ4v) is 2.26. The van der Waals surface area contributed by atoms with Gasteiger partial charge in [0.1, 0.15) is 19.0 Å². The minimum atomic E-state index is -0.586. The minimum Gasteiger partial charge on any atom is -0.486 e. The molecule has 0 aromatic heterocycles. The Kier molecular flexibility index (Phi) is 7.93. The molecule has 30 heavy (non-hydrogen) atoms. The summed E-state index contributed by atoms with van der Waals surface area (Å²) in [6.45, 7) is 10.6. The maximum Gasteiger partial charge on any atom is 0.338 e. The smallest absolute Gasteiger partial charge is 0.338 e. The highest BCUT2D eigenvalue weighted by Crippen LogP contribution is 2.34. The summed E-state index contributed by atoms with van der Waals surface area (Å²) in [6.07, 6.45) is 0. The topological polar surface area (TPSA) is 88.1 Å². The molecule has 7 nitrogen and oxygen atoms in total. The molecule has 0 aliphatic heterocycles. The predicted octanol–water partition coefficient (Wildman–Crippen LogP) is 3.87. The zero-order valence-corrected chi connectivity index (χ0v) is 16.8. The van der Waals surface area contributed by atoms with E-state index in [0.717, 1.165) is 11.1 Å². The Morgan fingerprint density at radius 3 is 2.10 bits per heavy atom. The number of ether oxygens (including phenoxy) is 4. The van der Waals surface area contributed by atoms with Crippen LogP contribution in [-0.4, -0.2) is 31.6 Å². The van der Waals surface area contributed by atoms with Crippen molar-refractivity contribution < 1.29 is 33.3 Å². The molecule has 0 radical (unpaired) electrons. The lowest BCUT2D eigenvalue weighted by Gasteiger charge is -2.14. The van der Waals surface area contributed by atoms with Crippen molar-refractivity contribution in [3.05, 3.63) is 66.8 Å². The fourth-order valence-electron chi connectivity index (χ4n) is 2.26. The van der Waals surface area contributed by atoms with Crippen LogP contribution in [0.1, 0.15) is 13.8 Å². The van der Waals surface area contributed by atoms with Crippen LogP contribution in [-0.2, 0) is 19.1 Å². The van der Waals surface area contributed by atoms with Gasteiger partial charge in [0.15, 0.2) is 11.5 Å². The Morgan fingerprint density at radius 1 is 0.867 bits per heavy atom. The Hall–Kier alpha value is -3.87. The van der Waals surface area contributed by atoms with Gasteiger partial charge in [-0.05, 0) is 49.2 Å². The van der Waals surface area contributed by atoms with Crippen LogP contribution < -0.4 is 14.2 Å². The number of rotatable bonds is 10. The molecular weight excluding hydrogens is 388 g/mol. The molecule has 2 rings (SSSR count). The highest BCUT2D eigenvalue weighted by atomic mass is 16.6. The quantitative estimate of drug-likeness (QED) is 0.193. The largest absolute Gasteiger partial charge is 0.486 e. The van der Waals surface area contributed by atoms with Crippen LogP contribution >= 0.6 is 0 Å². The Morgan fingerprint density at radius 2 is 1.50 bits per heavy atom. The molecule has 0 saturated heterocycles. The van der Waals surface area contributed by atoms with Gasteiger partial charge in [0.25, 0.3) is 6.47 Å². The lowest BCUT2D eigenvalue weighted by Crippen LogP contribution is -2.14. The molecule has 156 valence electrons. The molecule has 0 saturated carbocycles. The van der Waals surface area contributed by atoms with Crippen LogP contribution in [0.25, 0.3) is 11.1 Å². The van der Waals surface area contributed by atoms with Crippen molar-refractivity contribution in [2.45, 2.75) is 13.8 Å². The lowest BCUT2D eigenvalue weighted by atomic mass is 10.0. The van der Waals surface area contributed by atoms with E-state index in [1.54, 1.807) is 49.4 Å². The van der Waals surface area contributed by atoms with Gasteiger partial charge in [0.05, 0.1) is 0 Å². The molecule has 0 fully saturated rings. The lowest BCUT2D eigenvalue weighted by molar-refractivity contribution is -0.139. The van der Waals surface area contributed by atoms with Crippen LogP contribution in [0, 0.1) is 0 Å². The van der Waals surface area contributed by atoms with E-state index in [4.69, 9.17) is 18.9 Å². The highest BCUT2D eigenvalue weighted by Gasteiger charge is 2.13. The van der Waals surface area contributed by atoms with E-state index in [1.165, 1.54) is 6.92 Å². The minimum absolute atomic E-state index is 0.00151. The van der Waals surface area contributed by atoms with Crippen LogP contribution in [0.4, 0.5) is 0 Å². The second-order valence-electron chi connectivity index (χ2n) is 6.33. The molecule has 0 aliphatic rings. The van der Waals surface area contributed by atoms with Gasteiger partial charge in [-0.2, -0.15) is 0 Å². The van der Waals surface area contributed by atoms with Crippen LogP contribution in [0.15, 0.2) is 66.8 Å². The summed E-state index contributed by atoms with van der Waals surface area (Å²) in [6, 6.07) is 11.9. The van der Waals surface area contributed by atoms with Crippen LogP contribution in [0.5, 0.6) is 17.2 Å². The van der Waals surface area contributed by atoms with Gasteiger partial charge < -0.3 is 18.9 Å². The van der Waals surface area contributed by atoms with Gasteiger partial charge in [0, 0.05) is 11.1 Å². The van der Waals surface area contributed by atoms with Gasteiger partial charge in [0.2, 0.25) is 0 Å². The van der Waals surface area contributed by atoms with Crippen molar-refractivity contribution in [1.82, 2.24) is 0 Å². The normalized spacial score (nSPS) is 9.93. The summed E-state index contributed by atoms with van der Waals surface area (Å²) in [7, 11) is 0. The van der Waals surface area contributed by atoms with Crippen LogP contribution in [0.2, 0.25) is 0 Å². The number of carbonyl (C=O) groups excluding carboxylic acids is 3. The molecule has 0 amide bonds. The third-order valence-electron chi connectivity index (χ3n) is 3.79. The summed E-state index contributed by atoms with van der Waals surface area (Å²) < 4.78 is 20.8. The fraction of sp³-hybridized carbons (Fsp3) is 0.174. The second kappa shape index (κ2) is 10.6. The molecule has 0 heterocycles. The Labute approximate surface area is 174 Å². The third-order valence-corrected chi connectivity index (χ3v) is 3.79. The maximum atomic E-state index is 11.9. The molecule has 0 aliphatic carbocycles. The molecule has 2 aromatic rings. The van der Waals surface area contributed by atoms with Crippen molar-refractivity contribution in [3.63, 3.8) is 0 Å². The van der Waals surface area contributed by atoms with Gasteiger partial charge in [-0.1, -0.05) is 31.4 Å². The van der Waals surface area contributed by atoms with Gasteiger partial charge in [-0.25, -0.2) is 9.59 Å². The zero-order valence-electron chi connectivity index (χ0n) is 16.8. The number of hydrogen-bond acceptors (Lipinski definition) is 7. The third kappa shape index (κ3) is 6.34. The summed E-state index contributed by atoms with van der Waals surface area (Å²) in [5, 5.41) is 0. The van der Waals surface area contributed by atoms with Crippen molar-refractivity contribution in [3.8, 4) is 28.4 Å².